The molecule has 0 aliphatic heterocycles. The maximum absolute atomic E-state index is 6.10. The molecule has 1 aromatic heterocycles. The van der Waals surface area contributed by atoms with E-state index < -0.39 is 0 Å². The zero-order chi connectivity index (χ0) is 19.5. The van der Waals surface area contributed by atoms with E-state index in [0.29, 0.717) is 17.5 Å². The van der Waals surface area contributed by atoms with Crippen LogP contribution < -0.4 is 14.4 Å². The Kier molecular flexibility index (Phi) is 4.81. The molecule has 0 bridgehead atoms. The highest BCUT2D eigenvalue weighted by Crippen LogP contribution is 2.31. The summed E-state index contributed by atoms with van der Waals surface area (Å²) in [5.41, 5.74) is 2.91. The highest BCUT2D eigenvalue weighted by Gasteiger charge is 2.12. The molecule has 0 aliphatic rings. The molecule has 3 aromatic carbocycles. The minimum atomic E-state index is 0.530. The first-order valence-corrected chi connectivity index (χ1v) is 9.00. The SMILES string of the molecule is COc1ccc(Oc2nc(-c3ccc(N(C)C)cc3)nc3ccccc23)cc1. The minimum Gasteiger partial charge on any atom is -0.497 e. The van der Waals surface area contributed by atoms with Gasteiger partial charge in [-0.05, 0) is 60.7 Å². The maximum atomic E-state index is 6.10. The molecule has 28 heavy (non-hydrogen) atoms. The maximum Gasteiger partial charge on any atom is 0.230 e. The van der Waals surface area contributed by atoms with E-state index in [1.54, 1.807) is 7.11 Å². The second kappa shape index (κ2) is 7.56. The molecule has 0 amide bonds. The standard InChI is InChI=1S/C23H21N3O2/c1-26(2)17-10-8-16(9-11-17)22-24-21-7-5-4-6-20(21)23(25-22)28-19-14-12-18(27-3)13-15-19/h4-15H,1-3H3. The Hall–Kier alpha value is -3.60. The number of nitrogens with zero attached hydrogens (tertiary/aromatic N) is 3. The van der Waals surface area contributed by atoms with Crippen LogP contribution in [0.3, 0.4) is 0 Å². The summed E-state index contributed by atoms with van der Waals surface area (Å²) in [6, 6.07) is 23.5. The fourth-order valence-corrected chi connectivity index (χ4v) is 2.92. The first kappa shape index (κ1) is 17.8. The van der Waals surface area contributed by atoms with Crippen molar-refractivity contribution in [2.24, 2.45) is 0 Å². The van der Waals surface area contributed by atoms with E-state index in [-0.39, 0.29) is 0 Å². The molecule has 4 rings (SSSR count). The molecule has 0 radical (unpaired) electrons. The van der Waals surface area contributed by atoms with Crippen LogP contribution in [-0.4, -0.2) is 31.2 Å². The molecule has 4 aromatic rings. The zero-order valence-electron chi connectivity index (χ0n) is 16.1. The normalized spacial score (nSPS) is 10.7. The summed E-state index contributed by atoms with van der Waals surface area (Å²) >= 11 is 0. The summed E-state index contributed by atoms with van der Waals surface area (Å²) in [5.74, 6) is 2.63. The van der Waals surface area contributed by atoms with Gasteiger partial charge in [0.25, 0.3) is 0 Å². The van der Waals surface area contributed by atoms with Gasteiger partial charge in [-0.15, -0.1) is 0 Å². The largest absolute Gasteiger partial charge is 0.497 e. The van der Waals surface area contributed by atoms with Crippen molar-refractivity contribution in [2.75, 3.05) is 26.1 Å². The Bertz CT molecular complexity index is 1090. The van der Waals surface area contributed by atoms with Gasteiger partial charge in [0.2, 0.25) is 5.88 Å². The lowest BCUT2D eigenvalue weighted by Gasteiger charge is -2.13. The molecule has 0 unspecified atom stereocenters. The number of ether oxygens (including phenoxy) is 2. The molecule has 0 fully saturated rings. The van der Waals surface area contributed by atoms with Crippen molar-refractivity contribution in [2.45, 2.75) is 0 Å². The van der Waals surface area contributed by atoms with Gasteiger partial charge in [0.15, 0.2) is 5.82 Å². The van der Waals surface area contributed by atoms with Gasteiger partial charge in [-0.3, -0.25) is 0 Å². The predicted molar refractivity (Wildman–Crippen MR) is 112 cm³/mol. The fourth-order valence-electron chi connectivity index (χ4n) is 2.92. The Balaban J connectivity index is 1.76. The van der Waals surface area contributed by atoms with E-state index in [9.17, 15) is 0 Å². The van der Waals surface area contributed by atoms with Crippen LogP contribution in [0, 0.1) is 0 Å². The molecular weight excluding hydrogens is 350 g/mol. The number of benzene rings is 3. The van der Waals surface area contributed by atoms with E-state index in [1.165, 1.54) is 0 Å². The van der Waals surface area contributed by atoms with Crippen molar-refractivity contribution >= 4 is 16.6 Å². The average Bonchev–Trinajstić information content (AvgIpc) is 2.74. The van der Waals surface area contributed by atoms with Crippen LogP contribution >= 0.6 is 0 Å². The first-order chi connectivity index (χ1) is 13.6. The van der Waals surface area contributed by atoms with Crippen LogP contribution in [0.4, 0.5) is 5.69 Å². The van der Waals surface area contributed by atoms with Crippen LogP contribution in [0.5, 0.6) is 17.4 Å². The van der Waals surface area contributed by atoms with Gasteiger partial charge >= 0.3 is 0 Å². The lowest BCUT2D eigenvalue weighted by Crippen LogP contribution is -2.08. The number of hydrogen-bond acceptors (Lipinski definition) is 5. The van der Waals surface area contributed by atoms with Crippen molar-refractivity contribution < 1.29 is 9.47 Å². The Morgan fingerprint density at radius 1 is 0.750 bits per heavy atom. The number of rotatable bonds is 5. The number of hydrogen-bond donors (Lipinski definition) is 0. The zero-order valence-corrected chi connectivity index (χ0v) is 16.1. The van der Waals surface area contributed by atoms with Gasteiger partial charge < -0.3 is 14.4 Å². The average molecular weight is 371 g/mol. The molecule has 1 heterocycles. The quantitative estimate of drug-likeness (QED) is 0.485. The molecule has 140 valence electrons. The van der Waals surface area contributed by atoms with Crippen LogP contribution in [0.15, 0.2) is 72.8 Å². The van der Waals surface area contributed by atoms with Gasteiger partial charge in [-0.2, -0.15) is 4.98 Å². The number of aromatic nitrogens is 2. The summed E-state index contributed by atoms with van der Waals surface area (Å²) in [5, 5.41) is 0.868. The molecule has 0 N–H and O–H groups in total. The Labute approximate surface area is 164 Å². The summed E-state index contributed by atoms with van der Waals surface area (Å²) < 4.78 is 11.3. The third-order valence-corrected chi connectivity index (χ3v) is 4.48. The Morgan fingerprint density at radius 3 is 2.11 bits per heavy atom. The van der Waals surface area contributed by atoms with Gasteiger partial charge in [0, 0.05) is 25.3 Å². The van der Waals surface area contributed by atoms with E-state index in [2.05, 4.69) is 17.0 Å². The monoisotopic (exact) mass is 371 g/mol. The summed E-state index contributed by atoms with van der Waals surface area (Å²) in [7, 11) is 5.67. The smallest absolute Gasteiger partial charge is 0.230 e. The van der Waals surface area contributed by atoms with Crippen LogP contribution in [-0.2, 0) is 0 Å². The second-order valence-corrected chi connectivity index (χ2v) is 6.59. The summed E-state index contributed by atoms with van der Waals surface area (Å²) in [6.07, 6.45) is 0. The molecule has 5 nitrogen and oxygen atoms in total. The lowest BCUT2D eigenvalue weighted by molar-refractivity contribution is 0.412. The topological polar surface area (TPSA) is 47.5 Å². The van der Waals surface area contributed by atoms with E-state index in [4.69, 9.17) is 19.4 Å². The highest BCUT2D eigenvalue weighted by atomic mass is 16.5. The molecule has 0 aliphatic carbocycles. The minimum absolute atomic E-state index is 0.530. The van der Waals surface area contributed by atoms with Crippen molar-refractivity contribution in [3.8, 4) is 28.8 Å². The number of fused-ring (bicyclic) bond motifs is 1. The van der Waals surface area contributed by atoms with E-state index in [0.717, 1.165) is 27.9 Å². The van der Waals surface area contributed by atoms with Gasteiger partial charge in [0.1, 0.15) is 11.5 Å². The van der Waals surface area contributed by atoms with Crippen molar-refractivity contribution in [3.05, 3.63) is 72.8 Å². The second-order valence-electron chi connectivity index (χ2n) is 6.59. The molecule has 0 atom stereocenters. The van der Waals surface area contributed by atoms with E-state index >= 15 is 0 Å². The number of anilines is 1. The summed E-state index contributed by atoms with van der Waals surface area (Å²) in [6.45, 7) is 0. The Morgan fingerprint density at radius 2 is 1.43 bits per heavy atom. The fraction of sp³-hybridized carbons (Fsp3) is 0.130. The van der Waals surface area contributed by atoms with Crippen LogP contribution in [0.1, 0.15) is 0 Å². The van der Waals surface area contributed by atoms with E-state index in [1.807, 2.05) is 74.8 Å². The first-order valence-electron chi connectivity index (χ1n) is 9.00. The van der Waals surface area contributed by atoms with Gasteiger partial charge in [0.05, 0.1) is 18.0 Å². The van der Waals surface area contributed by atoms with Crippen molar-refractivity contribution in [3.63, 3.8) is 0 Å². The number of methoxy groups -OCH3 is 1. The van der Waals surface area contributed by atoms with Crippen LogP contribution in [0.25, 0.3) is 22.3 Å². The van der Waals surface area contributed by atoms with Gasteiger partial charge in [-0.1, -0.05) is 12.1 Å². The molecule has 0 saturated heterocycles. The molecule has 5 heteroatoms. The predicted octanol–water partition coefficient (Wildman–Crippen LogP) is 5.16. The molecule has 0 saturated carbocycles. The molecular formula is C23H21N3O2. The lowest BCUT2D eigenvalue weighted by atomic mass is 10.1. The van der Waals surface area contributed by atoms with Gasteiger partial charge in [-0.25, -0.2) is 4.98 Å². The third kappa shape index (κ3) is 3.60. The highest BCUT2D eigenvalue weighted by molar-refractivity contribution is 5.85. The van der Waals surface area contributed by atoms with Crippen molar-refractivity contribution in [1.82, 2.24) is 9.97 Å². The van der Waals surface area contributed by atoms with Crippen molar-refractivity contribution in [1.29, 1.82) is 0 Å². The summed E-state index contributed by atoms with van der Waals surface area (Å²) in [4.78, 5) is 11.5. The number of para-hydroxylation sites is 1. The third-order valence-electron chi connectivity index (χ3n) is 4.48. The van der Waals surface area contributed by atoms with Crippen LogP contribution in [0.2, 0.25) is 0 Å². The molecule has 0 spiro atoms.